The van der Waals surface area contributed by atoms with Crippen LogP contribution in [0.4, 0.5) is 5.82 Å². The van der Waals surface area contributed by atoms with Crippen LogP contribution in [0.5, 0.6) is 0 Å². The van der Waals surface area contributed by atoms with Crippen molar-refractivity contribution in [1.29, 1.82) is 0 Å². The number of amides is 1. The standard InChI is InChI=1S/C22H29Cl2N5O/c1-27(2)10-4-12-29(15-17-6-7-19(23)20(24)13-17)22(30)18-5-3-11-28(16-18)21-14-25-8-9-26-21/h6-9,13-14,18H,3-5,10-12,15-16H2,1-2H3. The third kappa shape index (κ3) is 6.30. The van der Waals surface area contributed by atoms with Crippen LogP contribution in [0.2, 0.25) is 10.0 Å². The minimum absolute atomic E-state index is 0.0529. The van der Waals surface area contributed by atoms with Gasteiger partial charge in [0.1, 0.15) is 5.82 Å². The normalized spacial score (nSPS) is 16.7. The monoisotopic (exact) mass is 449 g/mol. The molecule has 0 aliphatic carbocycles. The highest BCUT2D eigenvalue weighted by Gasteiger charge is 2.30. The van der Waals surface area contributed by atoms with Gasteiger partial charge in [0.15, 0.2) is 0 Å². The first-order chi connectivity index (χ1) is 14.4. The minimum Gasteiger partial charge on any atom is -0.355 e. The average molecular weight is 450 g/mol. The number of rotatable bonds is 8. The molecule has 1 aromatic carbocycles. The molecule has 2 aromatic rings. The minimum atomic E-state index is -0.0529. The van der Waals surface area contributed by atoms with Crippen LogP contribution in [0.15, 0.2) is 36.8 Å². The van der Waals surface area contributed by atoms with Crippen molar-refractivity contribution in [3.63, 3.8) is 0 Å². The van der Waals surface area contributed by atoms with E-state index in [-0.39, 0.29) is 11.8 Å². The molecule has 2 heterocycles. The van der Waals surface area contributed by atoms with Gasteiger partial charge in [-0.3, -0.25) is 9.78 Å². The molecule has 1 amide bonds. The lowest BCUT2D eigenvalue weighted by Crippen LogP contribution is -2.45. The Balaban J connectivity index is 1.72. The maximum atomic E-state index is 13.5. The van der Waals surface area contributed by atoms with E-state index in [2.05, 4.69) is 19.8 Å². The molecule has 1 saturated heterocycles. The van der Waals surface area contributed by atoms with Gasteiger partial charge in [-0.1, -0.05) is 29.3 Å². The number of nitrogens with zero attached hydrogens (tertiary/aromatic N) is 5. The third-order valence-corrected chi connectivity index (χ3v) is 6.09. The summed E-state index contributed by atoms with van der Waals surface area (Å²) in [4.78, 5) is 28.3. The van der Waals surface area contributed by atoms with Crippen molar-refractivity contribution in [3.05, 3.63) is 52.4 Å². The predicted molar refractivity (Wildman–Crippen MR) is 122 cm³/mol. The summed E-state index contributed by atoms with van der Waals surface area (Å²) >= 11 is 12.3. The summed E-state index contributed by atoms with van der Waals surface area (Å²) in [7, 11) is 4.09. The lowest BCUT2D eigenvalue weighted by Gasteiger charge is -2.35. The van der Waals surface area contributed by atoms with Crippen LogP contribution in [0.3, 0.4) is 0 Å². The van der Waals surface area contributed by atoms with E-state index in [9.17, 15) is 4.79 Å². The summed E-state index contributed by atoms with van der Waals surface area (Å²) in [6.07, 6.45) is 7.89. The third-order valence-electron chi connectivity index (χ3n) is 5.35. The van der Waals surface area contributed by atoms with Gasteiger partial charge in [-0.2, -0.15) is 0 Å². The summed E-state index contributed by atoms with van der Waals surface area (Å²) in [5.74, 6) is 0.968. The van der Waals surface area contributed by atoms with Crippen LogP contribution in [-0.2, 0) is 11.3 Å². The molecule has 0 radical (unpaired) electrons. The van der Waals surface area contributed by atoms with Gasteiger partial charge in [0.25, 0.3) is 0 Å². The Morgan fingerprint density at radius 2 is 2.03 bits per heavy atom. The molecular formula is C22H29Cl2N5O. The lowest BCUT2D eigenvalue weighted by molar-refractivity contribution is -0.136. The maximum absolute atomic E-state index is 13.5. The molecule has 3 rings (SSSR count). The largest absolute Gasteiger partial charge is 0.355 e. The van der Waals surface area contributed by atoms with Crippen molar-refractivity contribution in [2.24, 2.45) is 5.92 Å². The first kappa shape index (κ1) is 22.8. The molecule has 0 spiro atoms. The quantitative estimate of drug-likeness (QED) is 0.609. The highest BCUT2D eigenvalue weighted by molar-refractivity contribution is 6.42. The molecule has 0 saturated carbocycles. The molecule has 1 aliphatic heterocycles. The number of hydrogen-bond donors (Lipinski definition) is 0. The van der Waals surface area contributed by atoms with Gasteiger partial charge in [-0.25, -0.2) is 4.98 Å². The number of carbonyl (C=O) groups excluding carboxylic acids is 1. The molecule has 8 heteroatoms. The van der Waals surface area contributed by atoms with Gasteiger partial charge in [0.2, 0.25) is 5.91 Å². The van der Waals surface area contributed by atoms with Gasteiger partial charge in [0, 0.05) is 38.6 Å². The zero-order chi connectivity index (χ0) is 21.5. The van der Waals surface area contributed by atoms with Gasteiger partial charge >= 0.3 is 0 Å². The summed E-state index contributed by atoms with van der Waals surface area (Å²) in [6.45, 7) is 3.74. The summed E-state index contributed by atoms with van der Waals surface area (Å²) < 4.78 is 0. The second kappa shape index (κ2) is 10.9. The Morgan fingerprint density at radius 3 is 2.73 bits per heavy atom. The van der Waals surface area contributed by atoms with Gasteiger partial charge in [-0.05, 0) is 57.6 Å². The number of halogens is 2. The van der Waals surface area contributed by atoms with Crippen molar-refractivity contribution < 1.29 is 4.79 Å². The average Bonchev–Trinajstić information content (AvgIpc) is 2.75. The second-order valence-electron chi connectivity index (χ2n) is 8.01. The molecule has 1 aliphatic rings. The fourth-order valence-corrected chi connectivity index (χ4v) is 4.12. The molecule has 1 atom stereocenters. The molecular weight excluding hydrogens is 421 g/mol. The van der Waals surface area contributed by atoms with Gasteiger partial charge in [0.05, 0.1) is 22.2 Å². The number of piperidine rings is 1. The van der Waals surface area contributed by atoms with E-state index < -0.39 is 0 Å². The Labute approximate surface area is 188 Å². The first-order valence-corrected chi connectivity index (χ1v) is 11.1. The topological polar surface area (TPSA) is 52.6 Å². The summed E-state index contributed by atoms with van der Waals surface area (Å²) in [6, 6.07) is 5.58. The number of carbonyl (C=O) groups is 1. The van der Waals surface area contributed by atoms with E-state index in [4.69, 9.17) is 23.2 Å². The molecule has 162 valence electrons. The van der Waals surface area contributed by atoms with Crippen molar-refractivity contribution in [2.45, 2.75) is 25.8 Å². The smallest absolute Gasteiger partial charge is 0.227 e. The molecule has 0 bridgehead atoms. The zero-order valence-electron chi connectivity index (χ0n) is 17.6. The van der Waals surface area contributed by atoms with Crippen LogP contribution in [-0.4, -0.2) is 65.9 Å². The Bertz CT molecular complexity index is 834. The summed E-state index contributed by atoms with van der Waals surface area (Å²) in [5, 5.41) is 1.04. The lowest BCUT2D eigenvalue weighted by atomic mass is 9.96. The Morgan fingerprint density at radius 1 is 1.20 bits per heavy atom. The van der Waals surface area contributed by atoms with E-state index >= 15 is 0 Å². The Hall–Kier alpha value is -1.89. The van der Waals surface area contributed by atoms with Crippen molar-refractivity contribution in [2.75, 3.05) is 45.2 Å². The molecule has 1 aromatic heterocycles. The van der Waals surface area contributed by atoms with Crippen LogP contribution in [0.25, 0.3) is 0 Å². The maximum Gasteiger partial charge on any atom is 0.227 e. The van der Waals surface area contributed by atoms with E-state index in [1.54, 1.807) is 24.7 Å². The first-order valence-electron chi connectivity index (χ1n) is 10.3. The predicted octanol–water partition coefficient (Wildman–Crippen LogP) is 3.98. The fourth-order valence-electron chi connectivity index (χ4n) is 3.80. The van der Waals surface area contributed by atoms with Gasteiger partial charge < -0.3 is 14.7 Å². The Kier molecular flexibility index (Phi) is 8.31. The highest BCUT2D eigenvalue weighted by atomic mass is 35.5. The molecule has 6 nitrogen and oxygen atoms in total. The molecule has 1 fully saturated rings. The molecule has 1 unspecified atom stereocenters. The van der Waals surface area contributed by atoms with Crippen LogP contribution < -0.4 is 4.90 Å². The van der Waals surface area contributed by atoms with E-state index in [0.717, 1.165) is 43.7 Å². The fraction of sp³-hybridized carbons (Fsp3) is 0.500. The van der Waals surface area contributed by atoms with E-state index in [1.165, 1.54) is 0 Å². The number of aromatic nitrogens is 2. The SMILES string of the molecule is CN(C)CCCN(Cc1ccc(Cl)c(Cl)c1)C(=O)C1CCCN(c2cnccn2)C1. The van der Waals surface area contributed by atoms with Crippen LogP contribution >= 0.6 is 23.2 Å². The second-order valence-corrected chi connectivity index (χ2v) is 8.83. The van der Waals surface area contributed by atoms with Crippen LogP contribution in [0, 0.1) is 5.92 Å². The van der Waals surface area contributed by atoms with Gasteiger partial charge in [-0.15, -0.1) is 0 Å². The van der Waals surface area contributed by atoms with Crippen molar-refractivity contribution in [3.8, 4) is 0 Å². The van der Waals surface area contributed by atoms with Crippen LogP contribution in [0.1, 0.15) is 24.8 Å². The van der Waals surface area contributed by atoms with Crippen molar-refractivity contribution >= 4 is 34.9 Å². The number of anilines is 1. The zero-order valence-corrected chi connectivity index (χ0v) is 19.1. The number of benzene rings is 1. The highest BCUT2D eigenvalue weighted by Crippen LogP contribution is 2.26. The van der Waals surface area contributed by atoms with E-state index in [1.807, 2.05) is 31.1 Å². The number of hydrogen-bond acceptors (Lipinski definition) is 5. The van der Waals surface area contributed by atoms with Crippen molar-refractivity contribution in [1.82, 2.24) is 19.8 Å². The molecule has 30 heavy (non-hydrogen) atoms. The molecule has 0 N–H and O–H groups in total. The van der Waals surface area contributed by atoms with E-state index in [0.29, 0.717) is 29.7 Å². The summed E-state index contributed by atoms with van der Waals surface area (Å²) in [5.41, 5.74) is 0.990.